The number of nitrogens with two attached hydrogens (primary N) is 1. The molecule has 0 saturated heterocycles. The first-order valence-corrected chi connectivity index (χ1v) is 7.52. The number of Topliss-reactive ketones (excluding diaryl/α,β-unsaturated/α-hetero) is 1. The Morgan fingerprint density at radius 1 is 1.17 bits per heavy atom. The minimum atomic E-state index is -0.103. The summed E-state index contributed by atoms with van der Waals surface area (Å²) in [5.74, 6) is 0.102. The number of carbonyl (C=O) groups excluding carboxylic acids is 1. The van der Waals surface area contributed by atoms with Crippen molar-refractivity contribution in [2.75, 3.05) is 5.73 Å². The Bertz CT molecular complexity index is 918. The number of aryl methyl sites for hydroxylation is 1. The van der Waals surface area contributed by atoms with Crippen molar-refractivity contribution in [1.82, 2.24) is 9.78 Å². The zero-order valence-electron chi connectivity index (χ0n) is 13.2. The second kappa shape index (κ2) is 6.39. The van der Waals surface area contributed by atoms with Gasteiger partial charge in [-0.1, -0.05) is 60.2 Å². The molecule has 2 N–H and O–H groups in total. The van der Waals surface area contributed by atoms with Gasteiger partial charge in [0.05, 0.1) is 0 Å². The highest BCUT2D eigenvalue weighted by Gasteiger charge is 2.18. The van der Waals surface area contributed by atoms with Crippen LogP contribution in [0.25, 0.3) is 11.3 Å². The van der Waals surface area contributed by atoms with E-state index in [2.05, 4.69) is 11.2 Å². The standard InChI is InChI=1S/C19H16N4O/c1-13-7-9-14(10-8-13)17(24)12-23-19(21)16(11-20)18(22-23)15-5-3-2-4-6-15/h2-10H,12,21H2,1H3. The molecule has 1 heterocycles. The molecule has 0 amide bonds. The van der Waals surface area contributed by atoms with Gasteiger partial charge in [0.2, 0.25) is 0 Å². The van der Waals surface area contributed by atoms with Gasteiger partial charge in [0.25, 0.3) is 0 Å². The molecule has 0 atom stereocenters. The van der Waals surface area contributed by atoms with Crippen molar-refractivity contribution in [3.8, 4) is 17.3 Å². The predicted molar refractivity (Wildman–Crippen MR) is 92.3 cm³/mol. The first-order valence-electron chi connectivity index (χ1n) is 7.52. The van der Waals surface area contributed by atoms with Gasteiger partial charge in [-0.3, -0.25) is 4.79 Å². The van der Waals surface area contributed by atoms with Crippen LogP contribution in [0.1, 0.15) is 21.5 Å². The number of rotatable bonds is 4. The molecule has 3 aromatic rings. The largest absolute Gasteiger partial charge is 0.383 e. The van der Waals surface area contributed by atoms with Crippen LogP contribution < -0.4 is 5.73 Å². The molecule has 24 heavy (non-hydrogen) atoms. The molecule has 0 saturated carbocycles. The second-order valence-electron chi connectivity index (χ2n) is 5.53. The second-order valence-corrected chi connectivity index (χ2v) is 5.53. The lowest BCUT2D eigenvalue weighted by Gasteiger charge is -2.04. The smallest absolute Gasteiger partial charge is 0.184 e. The predicted octanol–water partition coefficient (Wildman–Crippen LogP) is 3.20. The van der Waals surface area contributed by atoms with E-state index >= 15 is 0 Å². The number of ketones is 1. The van der Waals surface area contributed by atoms with Crippen LogP contribution in [-0.2, 0) is 6.54 Å². The maximum Gasteiger partial charge on any atom is 0.184 e. The Labute approximate surface area is 140 Å². The van der Waals surface area contributed by atoms with E-state index in [0.29, 0.717) is 11.3 Å². The molecule has 0 aliphatic carbocycles. The van der Waals surface area contributed by atoms with E-state index in [1.54, 1.807) is 12.1 Å². The van der Waals surface area contributed by atoms with Crippen LogP contribution in [0.3, 0.4) is 0 Å². The van der Waals surface area contributed by atoms with Crippen LogP contribution in [0.4, 0.5) is 5.82 Å². The van der Waals surface area contributed by atoms with Gasteiger partial charge >= 0.3 is 0 Å². The molecule has 0 radical (unpaired) electrons. The average molecular weight is 316 g/mol. The third-order valence-electron chi connectivity index (χ3n) is 3.82. The van der Waals surface area contributed by atoms with Gasteiger partial charge in [-0.05, 0) is 6.92 Å². The fourth-order valence-electron chi connectivity index (χ4n) is 2.47. The van der Waals surface area contributed by atoms with Gasteiger partial charge in [0.15, 0.2) is 5.78 Å². The lowest BCUT2D eigenvalue weighted by Crippen LogP contribution is -2.14. The van der Waals surface area contributed by atoms with Crippen LogP contribution in [0.2, 0.25) is 0 Å². The molecule has 0 unspecified atom stereocenters. The van der Waals surface area contributed by atoms with E-state index in [-0.39, 0.29) is 23.7 Å². The SMILES string of the molecule is Cc1ccc(C(=O)Cn2nc(-c3ccccc3)c(C#N)c2N)cc1. The maximum atomic E-state index is 12.4. The normalized spacial score (nSPS) is 10.3. The topological polar surface area (TPSA) is 84.7 Å². The van der Waals surface area contributed by atoms with Crippen LogP contribution in [0.15, 0.2) is 54.6 Å². The summed E-state index contributed by atoms with van der Waals surface area (Å²) in [7, 11) is 0. The average Bonchev–Trinajstić information content (AvgIpc) is 2.92. The maximum absolute atomic E-state index is 12.4. The molecular weight excluding hydrogens is 300 g/mol. The third-order valence-corrected chi connectivity index (χ3v) is 3.82. The number of aromatic nitrogens is 2. The molecule has 5 heteroatoms. The van der Waals surface area contributed by atoms with Gasteiger partial charge in [-0.2, -0.15) is 10.4 Å². The van der Waals surface area contributed by atoms with E-state index in [1.807, 2.05) is 49.4 Å². The summed E-state index contributed by atoms with van der Waals surface area (Å²) in [5, 5.41) is 13.8. The summed E-state index contributed by atoms with van der Waals surface area (Å²) >= 11 is 0. The van der Waals surface area contributed by atoms with E-state index in [1.165, 1.54) is 4.68 Å². The Morgan fingerprint density at radius 3 is 2.46 bits per heavy atom. The molecular formula is C19H16N4O. The van der Waals surface area contributed by atoms with E-state index in [9.17, 15) is 10.1 Å². The lowest BCUT2D eigenvalue weighted by molar-refractivity contribution is 0.0968. The molecule has 1 aromatic heterocycles. The Hall–Kier alpha value is -3.39. The van der Waals surface area contributed by atoms with Crippen molar-refractivity contribution in [1.29, 1.82) is 5.26 Å². The molecule has 5 nitrogen and oxygen atoms in total. The Morgan fingerprint density at radius 2 is 1.83 bits per heavy atom. The number of hydrogen-bond acceptors (Lipinski definition) is 4. The molecule has 0 aliphatic rings. The van der Waals surface area contributed by atoms with Gasteiger partial charge in [-0.15, -0.1) is 0 Å². The molecule has 0 aliphatic heterocycles. The Kier molecular flexibility index (Phi) is 4.13. The fraction of sp³-hybridized carbons (Fsp3) is 0.105. The summed E-state index contributed by atoms with van der Waals surface area (Å²) in [5.41, 5.74) is 9.28. The van der Waals surface area contributed by atoms with E-state index in [4.69, 9.17) is 5.73 Å². The van der Waals surface area contributed by atoms with Crippen molar-refractivity contribution >= 4 is 11.6 Å². The molecule has 3 rings (SSSR count). The fourth-order valence-corrected chi connectivity index (χ4v) is 2.47. The van der Waals surface area contributed by atoms with Crippen molar-refractivity contribution in [3.05, 3.63) is 71.3 Å². The van der Waals surface area contributed by atoms with Crippen molar-refractivity contribution in [2.45, 2.75) is 13.5 Å². The third kappa shape index (κ3) is 2.90. The Balaban J connectivity index is 1.95. The number of benzene rings is 2. The van der Waals surface area contributed by atoms with Gasteiger partial charge in [-0.25, -0.2) is 4.68 Å². The summed E-state index contributed by atoms with van der Waals surface area (Å²) in [4.78, 5) is 12.4. The first kappa shape index (κ1) is 15.5. The quantitative estimate of drug-likeness (QED) is 0.749. The molecule has 0 spiro atoms. The molecule has 0 bridgehead atoms. The highest BCUT2D eigenvalue weighted by atomic mass is 16.1. The van der Waals surface area contributed by atoms with E-state index < -0.39 is 0 Å². The number of carbonyl (C=O) groups is 1. The van der Waals surface area contributed by atoms with Crippen molar-refractivity contribution in [2.24, 2.45) is 0 Å². The number of hydrogen-bond donors (Lipinski definition) is 1. The lowest BCUT2D eigenvalue weighted by atomic mass is 10.1. The molecule has 118 valence electrons. The zero-order valence-corrected chi connectivity index (χ0v) is 13.2. The van der Waals surface area contributed by atoms with E-state index in [0.717, 1.165) is 11.1 Å². The minimum Gasteiger partial charge on any atom is -0.383 e. The molecule has 2 aromatic carbocycles. The summed E-state index contributed by atoms with van der Waals surface area (Å²) in [6.45, 7) is 1.96. The number of nitrogens with zero attached hydrogens (tertiary/aromatic N) is 3. The monoisotopic (exact) mass is 316 g/mol. The highest BCUT2D eigenvalue weighted by molar-refractivity contribution is 5.96. The summed E-state index contributed by atoms with van der Waals surface area (Å²) in [6, 6.07) is 18.7. The van der Waals surface area contributed by atoms with Crippen LogP contribution in [0, 0.1) is 18.3 Å². The summed E-state index contributed by atoms with van der Waals surface area (Å²) < 4.78 is 1.39. The van der Waals surface area contributed by atoms with Crippen molar-refractivity contribution in [3.63, 3.8) is 0 Å². The van der Waals surface area contributed by atoms with Crippen LogP contribution in [0.5, 0.6) is 0 Å². The molecule has 0 fully saturated rings. The number of nitriles is 1. The zero-order chi connectivity index (χ0) is 17.1. The van der Waals surface area contributed by atoms with Crippen molar-refractivity contribution < 1.29 is 4.79 Å². The minimum absolute atomic E-state index is 0.00356. The van der Waals surface area contributed by atoms with Gasteiger partial charge < -0.3 is 5.73 Å². The highest BCUT2D eigenvalue weighted by Crippen LogP contribution is 2.26. The summed E-state index contributed by atoms with van der Waals surface area (Å²) in [6.07, 6.45) is 0. The van der Waals surface area contributed by atoms with Crippen LogP contribution >= 0.6 is 0 Å². The first-order chi connectivity index (χ1) is 11.6. The van der Waals surface area contributed by atoms with Crippen LogP contribution in [-0.4, -0.2) is 15.6 Å². The number of anilines is 1. The van der Waals surface area contributed by atoms with Gasteiger partial charge in [0.1, 0.15) is 29.7 Å². The van der Waals surface area contributed by atoms with Gasteiger partial charge in [0, 0.05) is 11.1 Å². The number of nitrogen functional groups attached to an aromatic ring is 1.